The fourth-order valence-corrected chi connectivity index (χ4v) is 2.92. The van der Waals surface area contributed by atoms with Crippen LogP contribution in [0.25, 0.3) is 0 Å². The van der Waals surface area contributed by atoms with Crippen molar-refractivity contribution in [3.63, 3.8) is 0 Å². The number of amides is 1. The van der Waals surface area contributed by atoms with Crippen molar-refractivity contribution < 1.29 is 4.79 Å². The molecule has 0 aliphatic carbocycles. The van der Waals surface area contributed by atoms with E-state index in [9.17, 15) is 4.79 Å². The third kappa shape index (κ3) is 6.55. The minimum Gasteiger partial charge on any atom is -0.369 e. The summed E-state index contributed by atoms with van der Waals surface area (Å²) < 4.78 is 0. The summed E-state index contributed by atoms with van der Waals surface area (Å²) in [5, 5.41) is 17.8. The van der Waals surface area contributed by atoms with Crippen LogP contribution in [0.1, 0.15) is 12.0 Å². The molecule has 3 rings (SSSR count). The molecule has 1 heterocycles. The molecule has 2 aromatic carbocycles. The third-order valence-electron chi connectivity index (χ3n) is 4.52. The number of carbonyl (C=O) groups excluding carboxylic acids is 1. The molecule has 1 atom stereocenters. The predicted molar refractivity (Wildman–Crippen MR) is 125 cm³/mol. The second kappa shape index (κ2) is 10.8. The average molecular weight is 413 g/mol. The first-order valence-corrected chi connectivity index (χ1v) is 9.97. The van der Waals surface area contributed by atoms with Gasteiger partial charge in [0, 0.05) is 24.1 Å². The molecule has 31 heavy (non-hydrogen) atoms. The van der Waals surface area contributed by atoms with Crippen molar-refractivity contribution in [2.24, 2.45) is 5.73 Å². The third-order valence-corrected chi connectivity index (χ3v) is 4.52. The van der Waals surface area contributed by atoms with Gasteiger partial charge in [-0.25, -0.2) is 4.98 Å². The maximum Gasteiger partial charge on any atom is 0.241 e. The second-order valence-corrected chi connectivity index (χ2v) is 7.05. The Bertz CT molecular complexity index is 1070. The normalized spacial score (nSPS) is 11.2. The van der Waals surface area contributed by atoms with E-state index in [1.54, 1.807) is 18.3 Å². The number of carbonyl (C=O) groups is 1. The quantitative estimate of drug-likeness (QED) is 0.308. The fourth-order valence-electron chi connectivity index (χ4n) is 2.92. The van der Waals surface area contributed by atoms with Gasteiger partial charge < -0.3 is 21.7 Å². The molecule has 3 aromatic rings. The molecular weight excluding hydrogens is 389 g/mol. The van der Waals surface area contributed by atoms with E-state index in [0.29, 0.717) is 36.8 Å². The molecule has 1 amide bonds. The number of nitrogens with one attached hydrogen (secondary N) is 3. The van der Waals surface area contributed by atoms with Gasteiger partial charge in [-0.2, -0.15) is 10.2 Å². The highest BCUT2D eigenvalue weighted by atomic mass is 16.2. The van der Waals surface area contributed by atoms with Gasteiger partial charge in [-0.1, -0.05) is 36.4 Å². The van der Waals surface area contributed by atoms with Gasteiger partial charge in [0.05, 0.1) is 18.5 Å². The number of rotatable bonds is 9. The minimum absolute atomic E-state index is 0.253. The first kappa shape index (κ1) is 21.8. The van der Waals surface area contributed by atoms with Crippen LogP contribution in [0.2, 0.25) is 0 Å². The van der Waals surface area contributed by atoms with E-state index in [1.807, 2.05) is 50.3 Å². The van der Waals surface area contributed by atoms with Crippen LogP contribution >= 0.6 is 0 Å². The summed E-state index contributed by atoms with van der Waals surface area (Å²) in [6, 6.07) is 18.4. The van der Waals surface area contributed by atoms with E-state index < -0.39 is 6.04 Å². The van der Waals surface area contributed by atoms with Crippen LogP contribution in [0.5, 0.6) is 0 Å². The van der Waals surface area contributed by atoms with Crippen LogP contribution in [-0.4, -0.2) is 36.3 Å². The highest BCUT2D eigenvalue weighted by Crippen LogP contribution is 2.19. The molecule has 0 bridgehead atoms. The summed E-state index contributed by atoms with van der Waals surface area (Å²) in [6.07, 6.45) is 2.56. The zero-order valence-electron chi connectivity index (χ0n) is 17.3. The van der Waals surface area contributed by atoms with Crippen molar-refractivity contribution in [3.05, 3.63) is 66.4 Å². The Balaban J connectivity index is 1.63. The van der Waals surface area contributed by atoms with Crippen molar-refractivity contribution >= 4 is 42.4 Å². The zero-order chi connectivity index (χ0) is 22.1. The molecule has 9 heteroatoms. The molecular formula is C22H24BN7O. The Kier molecular flexibility index (Phi) is 7.57. The van der Waals surface area contributed by atoms with Crippen LogP contribution < -0.4 is 27.1 Å². The number of anilines is 4. The lowest BCUT2D eigenvalue weighted by Crippen LogP contribution is -2.37. The smallest absolute Gasteiger partial charge is 0.241 e. The van der Waals surface area contributed by atoms with Crippen molar-refractivity contribution in [1.82, 2.24) is 9.97 Å². The lowest BCUT2D eigenvalue weighted by Gasteiger charge is -2.14. The molecule has 1 aromatic heterocycles. The highest BCUT2D eigenvalue weighted by molar-refractivity contribution is 6.35. The summed E-state index contributed by atoms with van der Waals surface area (Å²) in [7, 11) is 1.90. The lowest BCUT2D eigenvalue weighted by molar-refractivity contribution is -0.117. The van der Waals surface area contributed by atoms with Crippen molar-refractivity contribution in [2.45, 2.75) is 18.9 Å². The molecule has 5 N–H and O–H groups in total. The van der Waals surface area contributed by atoms with E-state index in [1.165, 1.54) is 0 Å². The van der Waals surface area contributed by atoms with Gasteiger partial charge in [-0.15, -0.1) is 0 Å². The molecule has 8 nitrogen and oxygen atoms in total. The summed E-state index contributed by atoms with van der Waals surface area (Å²) in [4.78, 5) is 21.2. The van der Waals surface area contributed by atoms with Crippen molar-refractivity contribution in [3.8, 4) is 6.07 Å². The van der Waals surface area contributed by atoms with Crippen molar-refractivity contribution in [1.29, 1.82) is 5.26 Å². The van der Waals surface area contributed by atoms with E-state index >= 15 is 0 Å². The van der Waals surface area contributed by atoms with E-state index in [-0.39, 0.29) is 5.91 Å². The predicted octanol–water partition coefficient (Wildman–Crippen LogP) is 1.31. The lowest BCUT2D eigenvalue weighted by atomic mass is 9.99. The molecule has 1 unspecified atom stereocenters. The number of benzene rings is 2. The van der Waals surface area contributed by atoms with Crippen LogP contribution in [0.4, 0.5) is 23.1 Å². The molecule has 0 aliphatic heterocycles. The highest BCUT2D eigenvalue weighted by Gasteiger charge is 2.14. The first-order valence-electron chi connectivity index (χ1n) is 9.97. The first-order chi connectivity index (χ1) is 15.0. The van der Waals surface area contributed by atoms with Crippen LogP contribution in [0.15, 0.2) is 60.8 Å². The number of hydrogen-bond acceptors (Lipinski definition) is 7. The molecule has 0 spiro atoms. The maximum absolute atomic E-state index is 12.5. The molecule has 0 aliphatic rings. The van der Waals surface area contributed by atoms with Crippen LogP contribution in [0, 0.1) is 11.3 Å². The summed E-state index contributed by atoms with van der Waals surface area (Å²) in [6.45, 7) is 0.512. The number of nitriles is 1. The molecule has 0 radical (unpaired) electrons. The second-order valence-electron chi connectivity index (χ2n) is 7.05. The summed E-state index contributed by atoms with van der Waals surface area (Å²) in [5.74, 6) is 0.829. The van der Waals surface area contributed by atoms with Crippen LogP contribution in [-0.2, 0) is 11.2 Å². The van der Waals surface area contributed by atoms with Crippen LogP contribution in [0.3, 0.4) is 0 Å². The zero-order valence-corrected chi connectivity index (χ0v) is 17.3. The van der Waals surface area contributed by atoms with Gasteiger partial charge in [-0.05, 0) is 35.6 Å². The Morgan fingerprint density at radius 2 is 1.94 bits per heavy atom. The molecule has 0 saturated heterocycles. The SMILES string of the molecule is Bc1cnc(Nc2cccc(NC(=O)C(N)Cc3ccccc3)c2)nc1NCCC#N. The van der Waals surface area contributed by atoms with Gasteiger partial charge in [0.25, 0.3) is 0 Å². The number of nitrogens with zero attached hydrogens (tertiary/aromatic N) is 3. The number of nitrogens with two attached hydrogens (primary N) is 1. The average Bonchev–Trinajstić information content (AvgIpc) is 2.77. The van der Waals surface area contributed by atoms with Gasteiger partial charge in [0.15, 0.2) is 0 Å². The Labute approximate surface area is 182 Å². The largest absolute Gasteiger partial charge is 0.369 e. The standard InChI is InChI=1S/C22H24BN7O/c23-18-14-27-22(30-20(18)26-11-5-10-24)29-17-9-4-8-16(13-17)28-21(31)19(25)12-15-6-2-1-3-7-15/h1-4,6-9,13-14,19H,5,11-12,23,25H2,(H,28,31)(H2,26,27,29,30). The fraction of sp³-hybridized carbons (Fsp3) is 0.182. The van der Waals surface area contributed by atoms with Gasteiger partial charge in [-0.3, -0.25) is 4.79 Å². The minimum atomic E-state index is -0.651. The van der Waals surface area contributed by atoms with Gasteiger partial charge >= 0.3 is 0 Å². The Morgan fingerprint density at radius 1 is 1.16 bits per heavy atom. The Hall–Kier alpha value is -3.90. The number of hydrogen-bond donors (Lipinski definition) is 4. The molecule has 0 saturated carbocycles. The topological polar surface area (TPSA) is 129 Å². The summed E-state index contributed by atoms with van der Waals surface area (Å²) in [5.41, 5.74) is 9.31. The monoisotopic (exact) mass is 413 g/mol. The molecule has 0 fully saturated rings. The van der Waals surface area contributed by atoms with Gasteiger partial charge in [0.1, 0.15) is 13.7 Å². The van der Waals surface area contributed by atoms with E-state index in [0.717, 1.165) is 16.7 Å². The summed E-state index contributed by atoms with van der Waals surface area (Å²) >= 11 is 0. The van der Waals surface area contributed by atoms with E-state index in [2.05, 4.69) is 32.0 Å². The Morgan fingerprint density at radius 3 is 2.71 bits per heavy atom. The molecule has 156 valence electrons. The van der Waals surface area contributed by atoms with Gasteiger partial charge in [0.2, 0.25) is 11.9 Å². The number of aromatic nitrogens is 2. The van der Waals surface area contributed by atoms with Crippen molar-refractivity contribution in [2.75, 3.05) is 22.5 Å². The maximum atomic E-state index is 12.5. The van der Waals surface area contributed by atoms with E-state index in [4.69, 9.17) is 11.0 Å².